The van der Waals surface area contributed by atoms with E-state index >= 15 is 0 Å². The average Bonchev–Trinajstić information content (AvgIpc) is 3.17. The minimum absolute atomic E-state index is 0.0519. The molecule has 1 heterocycles. The molecule has 2 rings (SSSR count). The summed E-state index contributed by atoms with van der Waals surface area (Å²) in [6, 6.07) is 5.58. The molecule has 10 heteroatoms. The molecule has 166 valence electrons. The van der Waals surface area contributed by atoms with Crippen molar-refractivity contribution in [1.82, 2.24) is 15.6 Å². The highest BCUT2D eigenvalue weighted by atomic mass is 32.1. The Morgan fingerprint density at radius 2 is 1.87 bits per heavy atom. The first-order valence-electron chi connectivity index (χ1n) is 9.74. The van der Waals surface area contributed by atoms with E-state index in [1.807, 2.05) is 45.9 Å². The second kappa shape index (κ2) is 11.1. The zero-order chi connectivity index (χ0) is 22.1. The second-order valence-corrected chi connectivity index (χ2v) is 7.20. The number of rotatable bonds is 9. The monoisotopic (exact) mass is 444 g/mol. The smallest absolute Gasteiger partial charge is 0.434 e. The van der Waals surface area contributed by atoms with Gasteiger partial charge in [-0.3, -0.25) is 0 Å². The Labute approximate surface area is 178 Å². The van der Waals surface area contributed by atoms with Gasteiger partial charge in [-0.1, -0.05) is 6.07 Å². The molecule has 0 aliphatic carbocycles. The molecule has 6 nitrogen and oxygen atoms in total. The van der Waals surface area contributed by atoms with Crippen LogP contribution in [0.15, 0.2) is 28.6 Å². The van der Waals surface area contributed by atoms with E-state index in [1.165, 1.54) is 0 Å². The zero-order valence-corrected chi connectivity index (χ0v) is 18.3. The van der Waals surface area contributed by atoms with E-state index in [9.17, 15) is 13.2 Å². The summed E-state index contributed by atoms with van der Waals surface area (Å²) in [7, 11) is 0. The summed E-state index contributed by atoms with van der Waals surface area (Å²) >= 11 is 0.941. The number of guanidine groups is 1. The van der Waals surface area contributed by atoms with E-state index in [4.69, 9.17) is 9.47 Å². The van der Waals surface area contributed by atoms with Crippen LogP contribution < -0.4 is 20.1 Å². The number of nitrogens with one attached hydrogen (secondary N) is 2. The Morgan fingerprint density at radius 1 is 1.17 bits per heavy atom. The first-order chi connectivity index (χ1) is 14.3. The van der Waals surface area contributed by atoms with Gasteiger partial charge in [-0.25, -0.2) is 9.98 Å². The van der Waals surface area contributed by atoms with Crippen molar-refractivity contribution in [3.63, 3.8) is 0 Å². The summed E-state index contributed by atoms with van der Waals surface area (Å²) in [4.78, 5) is 7.98. The van der Waals surface area contributed by atoms with Gasteiger partial charge < -0.3 is 20.1 Å². The van der Waals surface area contributed by atoms with Crippen LogP contribution >= 0.6 is 11.3 Å². The molecule has 1 atom stereocenters. The van der Waals surface area contributed by atoms with Gasteiger partial charge in [0.2, 0.25) is 0 Å². The van der Waals surface area contributed by atoms with Crippen LogP contribution in [0.25, 0.3) is 0 Å². The molecule has 0 saturated carbocycles. The van der Waals surface area contributed by atoms with E-state index in [-0.39, 0.29) is 12.6 Å². The van der Waals surface area contributed by atoms with E-state index in [2.05, 4.69) is 20.6 Å². The number of halogens is 3. The van der Waals surface area contributed by atoms with Crippen LogP contribution in [-0.2, 0) is 12.7 Å². The number of nitrogens with zero attached hydrogens (tertiary/aromatic N) is 2. The molecule has 0 aliphatic heterocycles. The van der Waals surface area contributed by atoms with Gasteiger partial charge in [0.15, 0.2) is 23.2 Å². The maximum absolute atomic E-state index is 12.7. The molecule has 1 unspecified atom stereocenters. The first-order valence-corrected chi connectivity index (χ1v) is 10.6. The van der Waals surface area contributed by atoms with E-state index in [0.717, 1.165) is 22.3 Å². The third kappa shape index (κ3) is 6.79. The Balaban J connectivity index is 2.12. The molecular formula is C20H27F3N4O2S. The van der Waals surface area contributed by atoms with Gasteiger partial charge in [-0.05, 0) is 45.4 Å². The minimum atomic E-state index is -4.44. The Hall–Kier alpha value is -2.49. The van der Waals surface area contributed by atoms with Crippen molar-refractivity contribution in [3.05, 3.63) is 39.8 Å². The van der Waals surface area contributed by atoms with E-state index in [0.29, 0.717) is 42.2 Å². The third-order valence-electron chi connectivity index (χ3n) is 3.98. The standard InChI is InChI=1S/C20H27F3N4O2S/c1-5-24-19(25-11-18-27-17(12-30-18)20(21,22)23)26-13(4)14-8-9-15(28-6-2)16(10-14)29-7-3/h8-10,12-13H,5-7,11H2,1-4H3,(H2,24,25,26). The number of aliphatic imine (C=N–C) groups is 1. The van der Waals surface area contributed by atoms with Crippen molar-refractivity contribution in [1.29, 1.82) is 0 Å². The van der Waals surface area contributed by atoms with Crippen molar-refractivity contribution >= 4 is 17.3 Å². The lowest BCUT2D eigenvalue weighted by Crippen LogP contribution is -2.38. The molecule has 0 amide bonds. The summed E-state index contributed by atoms with van der Waals surface area (Å²) in [5.74, 6) is 1.83. The van der Waals surface area contributed by atoms with Crippen LogP contribution in [0.2, 0.25) is 0 Å². The number of benzene rings is 1. The van der Waals surface area contributed by atoms with Crippen LogP contribution in [0.3, 0.4) is 0 Å². The lowest BCUT2D eigenvalue weighted by atomic mass is 10.1. The number of ether oxygens (including phenoxy) is 2. The maximum Gasteiger partial charge on any atom is 0.434 e. The summed E-state index contributed by atoms with van der Waals surface area (Å²) in [6.45, 7) is 9.41. The number of hydrogen-bond acceptors (Lipinski definition) is 5. The summed E-state index contributed by atoms with van der Waals surface area (Å²) in [6.07, 6.45) is -4.44. The Bertz CT molecular complexity index is 840. The van der Waals surface area contributed by atoms with Crippen molar-refractivity contribution in [2.45, 2.75) is 46.5 Å². The van der Waals surface area contributed by atoms with E-state index < -0.39 is 11.9 Å². The predicted octanol–water partition coefficient (Wildman–Crippen LogP) is 4.78. The predicted molar refractivity (Wildman–Crippen MR) is 112 cm³/mol. The molecule has 2 aromatic rings. The molecule has 30 heavy (non-hydrogen) atoms. The second-order valence-electron chi connectivity index (χ2n) is 6.26. The van der Waals surface area contributed by atoms with Crippen LogP contribution in [0, 0.1) is 0 Å². The van der Waals surface area contributed by atoms with E-state index in [1.54, 1.807) is 0 Å². The van der Waals surface area contributed by atoms with Gasteiger partial charge in [-0.2, -0.15) is 13.2 Å². The molecule has 1 aromatic carbocycles. The number of alkyl halides is 3. The topological polar surface area (TPSA) is 67.8 Å². The fourth-order valence-corrected chi connectivity index (χ4v) is 3.33. The molecule has 1 aromatic heterocycles. The van der Waals surface area contributed by atoms with Crippen molar-refractivity contribution in [2.75, 3.05) is 19.8 Å². The maximum atomic E-state index is 12.7. The zero-order valence-electron chi connectivity index (χ0n) is 17.5. The molecule has 0 bridgehead atoms. The van der Waals surface area contributed by atoms with Gasteiger partial charge in [0.05, 0.1) is 25.8 Å². The summed E-state index contributed by atoms with van der Waals surface area (Å²) in [5, 5.41) is 7.66. The fourth-order valence-electron chi connectivity index (χ4n) is 2.61. The Kier molecular flexibility index (Phi) is 8.76. The van der Waals surface area contributed by atoms with Crippen molar-refractivity contribution in [3.8, 4) is 11.5 Å². The third-order valence-corrected chi connectivity index (χ3v) is 4.81. The van der Waals surface area contributed by atoms with Gasteiger partial charge in [-0.15, -0.1) is 11.3 Å². The molecular weight excluding hydrogens is 417 g/mol. The highest BCUT2D eigenvalue weighted by Gasteiger charge is 2.33. The minimum Gasteiger partial charge on any atom is -0.490 e. The van der Waals surface area contributed by atoms with Crippen molar-refractivity contribution < 1.29 is 22.6 Å². The Morgan fingerprint density at radius 3 is 2.47 bits per heavy atom. The summed E-state index contributed by atoms with van der Waals surface area (Å²) < 4.78 is 49.4. The molecule has 0 aliphatic rings. The highest BCUT2D eigenvalue weighted by molar-refractivity contribution is 7.09. The largest absolute Gasteiger partial charge is 0.490 e. The lowest BCUT2D eigenvalue weighted by Gasteiger charge is -2.20. The molecule has 0 fully saturated rings. The highest BCUT2D eigenvalue weighted by Crippen LogP contribution is 2.31. The van der Waals surface area contributed by atoms with Gasteiger partial charge in [0.25, 0.3) is 0 Å². The average molecular weight is 445 g/mol. The number of thiazole rings is 1. The SMILES string of the molecule is CCNC(=NCc1nc(C(F)(F)F)cs1)NC(C)c1ccc(OCC)c(OCC)c1. The van der Waals surface area contributed by atoms with Crippen LogP contribution in [0.1, 0.15) is 50.0 Å². The normalized spacial score (nSPS) is 13.1. The van der Waals surface area contributed by atoms with Gasteiger partial charge in [0, 0.05) is 11.9 Å². The van der Waals surface area contributed by atoms with Gasteiger partial charge >= 0.3 is 6.18 Å². The van der Waals surface area contributed by atoms with Gasteiger partial charge in [0.1, 0.15) is 5.01 Å². The van der Waals surface area contributed by atoms with Crippen LogP contribution in [-0.4, -0.2) is 30.7 Å². The summed E-state index contributed by atoms with van der Waals surface area (Å²) in [5.41, 5.74) is 0.0722. The number of hydrogen-bond donors (Lipinski definition) is 2. The van der Waals surface area contributed by atoms with Crippen LogP contribution in [0.5, 0.6) is 11.5 Å². The lowest BCUT2D eigenvalue weighted by molar-refractivity contribution is -0.140. The molecule has 2 N–H and O–H groups in total. The van der Waals surface area contributed by atoms with Crippen LogP contribution in [0.4, 0.5) is 13.2 Å². The quantitative estimate of drug-likeness (QED) is 0.431. The van der Waals surface area contributed by atoms with Crippen molar-refractivity contribution in [2.24, 2.45) is 4.99 Å². The molecule has 0 saturated heterocycles. The molecule has 0 spiro atoms. The molecule has 0 radical (unpaired) electrons. The fraction of sp³-hybridized carbons (Fsp3) is 0.500. The first kappa shape index (κ1) is 23.8. The number of aromatic nitrogens is 1.